The maximum atomic E-state index is 12.5. The van der Waals surface area contributed by atoms with E-state index in [2.05, 4.69) is 11.2 Å². The molecule has 1 saturated heterocycles. The molecule has 1 amide bonds. The van der Waals surface area contributed by atoms with Crippen LogP contribution in [-0.4, -0.2) is 36.2 Å². The molecular weight excluding hydrogens is 304 g/mol. The predicted octanol–water partition coefficient (Wildman–Crippen LogP) is 3.02. The Kier molecular flexibility index (Phi) is 5.18. The molecule has 0 N–H and O–H groups in total. The van der Waals surface area contributed by atoms with Gasteiger partial charge in [-0.1, -0.05) is 23.4 Å². The first kappa shape index (κ1) is 16.6. The number of carbonyl (C=O) groups is 1. The van der Waals surface area contributed by atoms with Gasteiger partial charge < -0.3 is 14.2 Å². The number of benzene rings is 1. The topological polar surface area (TPSA) is 55.6 Å². The average molecular weight is 328 g/mol. The van der Waals surface area contributed by atoms with E-state index in [-0.39, 0.29) is 5.91 Å². The smallest absolute Gasteiger partial charge is 0.228 e. The fourth-order valence-electron chi connectivity index (χ4n) is 3.41. The van der Waals surface area contributed by atoms with Gasteiger partial charge in [0.2, 0.25) is 5.91 Å². The molecule has 0 spiro atoms. The molecule has 0 aliphatic carbocycles. The first-order valence-electron chi connectivity index (χ1n) is 8.47. The molecule has 1 aliphatic rings. The Balaban J connectivity index is 1.60. The summed E-state index contributed by atoms with van der Waals surface area (Å²) in [4.78, 5) is 14.5. The van der Waals surface area contributed by atoms with Gasteiger partial charge >= 0.3 is 0 Å². The largest absolute Gasteiger partial charge is 0.496 e. The van der Waals surface area contributed by atoms with Crippen molar-refractivity contribution in [3.8, 4) is 5.75 Å². The highest BCUT2D eigenvalue weighted by atomic mass is 16.5. The number of para-hydroxylation sites is 1. The second-order valence-electron chi connectivity index (χ2n) is 6.47. The molecule has 3 rings (SSSR count). The van der Waals surface area contributed by atoms with Gasteiger partial charge in [-0.2, -0.15) is 0 Å². The molecule has 1 aromatic heterocycles. The summed E-state index contributed by atoms with van der Waals surface area (Å²) in [6, 6.07) is 9.95. The SMILES string of the molecule is COc1ccccc1C[C@@H]1CCCN(C(=O)Cc2cc(C)on2)C1. The number of piperidine rings is 1. The van der Waals surface area contributed by atoms with Crippen molar-refractivity contribution < 1.29 is 14.1 Å². The van der Waals surface area contributed by atoms with Crippen molar-refractivity contribution in [2.75, 3.05) is 20.2 Å². The van der Waals surface area contributed by atoms with Gasteiger partial charge in [0, 0.05) is 19.2 Å². The van der Waals surface area contributed by atoms with Crippen LogP contribution in [0.15, 0.2) is 34.9 Å². The fourth-order valence-corrected chi connectivity index (χ4v) is 3.41. The molecule has 1 atom stereocenters. The number of amides is 1. The third-order valence-corrected chi connectivity index (χ3v) is 4.58. The zero-order valence-corrected chi connectivity index (χ0v) is 14.3. The van der Waals surface area contributed by atoms with E-state index in [0.717, 1.165) is 43.9 Å². The second-order valence-corrected chi connectivity index (χ2v) is 6.47. The normalized spacial score (nSPS) is 17.8. The van der Waals surface area contributed by atoms with Crippen molar-refractivity contribution in [2.24, 2.45) is 5.92 Å². The van der Waals surface area contributed by atoms with Crippen LogP contribution < -0.4 is 4.74 Å². The maximum Gasteiger partial charge on any atom is 0.228 e. The molecule has 5 heteroatoms. The van der Waals surface area contributed by atoms with Crippen molar-refractivity contribution in [1.29, 1.82) is 0 Å². The summed E-state index contributed by atoms with van der Waals surface area (Å²) in [6.45, 7) is 3.47. The molecule has 2 heterocycles. The number of carbonyl (C=O) groups excluding carboxylic acids is 1. The van der Waals surface area contributed by atoms with Crippen LogP contribution in [0, 0.1) is 12.8 Å². The summed E-state index contributed by atoms with van der Waals surface area (Å²) in [5, 5.41) is 3.92. The molecule has 0 radical (unpaired) electrons. The summed E-state index contributed by atoms with van der Waals surface area (Å²) < 4.78 is 10.5. The Morgan fingerprint density at radius 1 is 1.42 bits per heavy atom. The van der Waals surface area contributed by atoms with E-state index in [1.807, 2.05) is 36.1 Å². The lowest BCUT2D eigenvalue weighted by Crippen LogP contribution is -2.41. The number of hydrogen-bond donors (Lipinski definition) is 0. The van der Waals surface area contributed by atoms with Gasteiger partial charge in [-0.05, 0) is 43.7 Å². The first-order chi connectivity index (χ1) is 11.7. The van der Waals surface area contributed by atoms with Crippen molar-refractivity contribution in [3.63, 3.8) is 0 Å². The number of hydrogen-bond acceptors (Lipinski definition) is 4. The van der Waals surface area contributed by atoms with E-state index in [4.69, 9.17) is 9.26 Å². The molecule has 1 aromatic carbocycles. The molecule has 1 fully saturated rings. The Hall–Kier alpha value is -2.30. The van der Waals surface area contributed by atoms with Gasteiger partial charge in [0.25, 0.3) is 0 Å². The zero-order chi connectivity index (χ0) is 16.9. The van der Waals surface area contributed by atoms with Crippen LogP contribution in [0.25, 0.3) is 0 Å². The van der Waals surface area contributed by atoms with Gasteiger partial charge in [-0.25, -0.2) is 0 Å². The van der Waals surface area contributed by atoms with Gasteiger partial charge in [-0.15, -0.1) is 0 Å². The highest BCUT2D eigenvalue weighted by Crippen LogP contribution is 2.26. The highest BCUT2D eigenvalue weighted by Gasteiger charge is 2.25. The van der Waals surface area contributed by atoms with Crippen LogP contribution in [0.1, 0.15) is 29.9 Å². The lowest BCUT2D eigenvalue weighted by molar-refractivity contribution is -0.132. The van der Waals surface area contributed by atoms with Gasteiger partial charge in [0.1, 0.15) is 11.5 Å². The monoisotopic (exact) mass is 328 g/mol. The van der Waals surface area contributed by atoms with Crippen molar-refractivity contribution in [2.45, 2.75) is 32.6 Å². The lowest BCUT2D eigenvalue weighted by atomic mass is 9.90. The van der Waals surface area contributed by atoms with E-state index in [1.54, 1.807) is 7.11 Å². The number of methoxy groups -OCH3 is 1. The Labute approximate surface area is 142 Å². The van der Waals surface area contributed by atoms with E-state index >= 15 is 0 Å². The Bertz CT molecular complexity index is 695. The minimum atomic E-state index is 0.132. The summed E-state index contributed by atoms with van der Waals surface area (Å²) in [5.74, 6) is 2.27. The molecular formula is C19H24N2O3. The lowest BCUT2D eigenvalue weighted by Gasteiger charge is -2.33. The van der Waals surface area contributed by atoms with E-state index in [0.29, 0.717) is 18.0 Å². The predicted molar refractivity (Wildman–Crippen MR) is 90.9 cm³/mol. The van der Waals surface area contributed by atoms with E-state index < -0.39 is 0 Å². The Morgan fingerprint density at radius 2 is 2.25 bits per heavy atom. The third-order valence-electron chi connectivity index (χ3n) is 4.58. The first-order valence-corrected chi connectivity index (χ1v) is 8.47. The molecule has 2 aromatic rings. The zero-order valence-electron chi connectivity index (χ0n) is 14.3. The Morgan fingerprint density at radius 3 is 3.00 bits per heavy atom. The molecule has 1 aliphatic heterocycles. The van der Waals surface area contributed by atoms with Crippen LogP contribution in [0.5, 0.6) is 5.75 Å². The third kappa shape index (κ3) is 3.96. The number of likely N-dealkylation sites (tertiary alicyclic amines) is 1. The van der Waals surface area contributed by atoms with Gasteiger partial charge in [0.15, 0.2) is 0 Å². The average Bonchev–Trinajstić information content (AvgIpc) is 3.00. The highest BCUT2D eigenvalue weighted by molar-refractivity contribution is 5.78. The van der Waals surface area contributed by atoms with Gasteiger partial charge in [-0.3, -0.25) is 4.79 Å². The molecule has 128 valence electrons. The van der Waals surface area contributed by atoms with Crippen LogP contribution in [0.3, 0.4) is 0 Å². The quantitative estimate of drug-likeness (QED) is 0.846. The number of aryl methyl sites for hydroxylation is 1. The summed E-state index contributed by atoms with van der Waals surface area (Å²) >= 11 is 0. The second kappa shape index (κ2) is 7.51. The van der Waals surface area contributed by atoms with Crippen molar-refractivity contribution >= 4 is 5.91 Å². The van der Waals surface area contributed by atoms with Crippen LogP contribution in [0.2, 0.25) is 0 Å². The minimum absolute atomic E-state index is 0.132. The number of nitrogens with zero attached hydrogens (tertiary/aromatic N) is 2. The van der Waals surface area contributed by atoms with Crippen LogP contribution in [0.4, 0.5) is 0 Å². The summed E-state index contributed by atoms with van der Waals surface area (Å²) in [5.41, 5.74) is 1.93. The number of aromatic nitrogens is 1. The summed E-state index contributed by atoms with van der Waals surface area (Å²) in [6.07, 6.45) is 3.45. The molecule has 0 saturated carbocycles. The fraction of sp³-hybridized carbons (Fsp3) is 0.474. The maximum absolute atomic E-state index is 12.5. The molecule has 0 unspecified atom stereocenters. The molecule has 24 heavy (non-hydrogen) atoms. The van der Waals surface area contributed by atoms with Gasteiger partial charge in [0.05, 0.1) is 19.2 Å². The van der Waals surface area contributed by atoms with Crippen molar-refractivity contribution in [1.82, 2.24) is 10.1 Å². The minimum Gasteiger partial charge on any atom is -0.496 e. The van der Waals surface area contributed by atoms with Crippen molar-refractivity contribution in [3.05, 3.63) is 47.3 Å². The molecule has 0 bridgehead atoms. The molecule has 5 nitrogen and oxygen atoms in total. The van der Waals surface area contributed by atoms with Crippen LogP contribution >= 0.6 is 0 Å². The standard InChI is InChI=1S/C19H24N2O3/c1-14-10-17(20-24-14)12-19(22)21-9-5-6-15(13-21)11-16-7-3-4-8-18(16)23-2/h3-4,7-8,10,15H,5-6,9,11-13H2,1-2H3/t15-/m0/s1. The van der Waals surface area contributed by atoms with E-state index in [9.17, 15) is 4.79 Å². The number of rotatable bonds is 5. The van der Waals surface area contributed by atoms with E-state index in [1.165, 1.54) is 5.56 Å². The van der Waals surface area contributed by atoms with Crippen LogP contribution in [-0.2, 0) is 17.6 Å². The number of ether oxygens (including phenoxy) is 1. The summed E-state index contributed by atoms with van der Waals surface area (Å²) in [7, 11) is 1.70.